The van der Waals surface area contributed by atoms with Crippen LogP contribution in [0, 0.1) is 0 Å². The molecule has 1 aliphatic carbocycles. The predicted octanol–water partition coefficient (Wildman–Crippen LogP) is 2.72. The van der Waals surface area contributed by atoms with E-state index in [2.05, 4.69) is 10.1 Å². The van der Waals surface area contributed by atoms with E-state index in [0.29, 0.717) is 17.8 Å². The maximum atomic E-state index is 5.90. The first-order chi connectivity index (χ1) is 8.83. The molecule has 3 rings (SSSR count). The van der Waals surface area contributed by atoms with Crippen LogP contribution in [-0.4, -0.2) is 16.2 Å². The van der Waals surface area contributed by atoms with Gasteiger partial charge in [-0.25, -0.2) is 0 Å². The molecule has 1 aromatic heterocycles. The van der Waals surface area contributed by atoms with E-state index in [1.165, 1.54) is 0 Å². The van der Waals surface area contributed by atoms with Crippen molar-refractivity contribution in [2.45, 2.75) is 37.6 Å². The van der Waals surface area contributed by atoms with Crippen molar-refractivity contribution in [1.29, 1.82) is 0 Å². The zero-order chi connectivity index (χ0) is 12.4. The van der Waals surface area contributed by atoms with E-state index < -0.39 is 0 Å². The van der Waals surface area contributed by atoms with E-state index in [0.717, 1.165) is 37.1 Å². The fraction of sp³-hybridized carbons (Fsp3) is 0.429. The minimum atomic E-state index is 0.345. The topological polar surface area (TPSA) is 64.9 Å². The summed E-state index contributed by atoms with van der Waals surface area (Å²) in [6.45, 7) is 0. The predicted molar refractivity (Wildman–Crippen MR) is 68.9 cm³/mol. The Bertz CT molecular complexity index is 501. The molecule has 0 spiro atoms. The summed E-state index contributed by atoms with van der Waals surface area (Å²) in [4.78, 5) is 4.51. The Hall–Kier alpha value is -1.68. The van der Waals surface area contributed by atoms with Crippen LogP contribution in [0.4, 0.5) is 0 Å². The molecule has 1 aliphatic rings. The van der Waals surface area contributed by atoms with Crippen molar-refractivity contribution in [2.24, 2.45) is 5.73 Å². The molecule has 0 aliphatic heterocycles. The Morgan fingerprint density at radius 2 is 1.78 bits per heavy atom. The third-order valence-electron chi connectivity index (χ3n) is 3.59. The average molecular weight is 243 g/mol. The third kappa shape index (κ3) is 2.29. The molecule has 1 aromatic carbocycles. The lowest BCUT2D eigenvalue weighted by Crippen LogP contribution is -2.25. The van der Waals surface area contributed by atoms with Crippen LogP contribution in [-0.2, 0) is 0 Å². The first-order valence-electron chi connectivity index (χ1n) is 6.47. The standard InChI is InChI=1S/C14H17N3O/c15-12-8-6-11(7-9-12)14-16-13(17-18-14)10-4-2-1-3-5-10/h1-5,11-12H,6-9,15H2. The maximum absolute atomic E-state index is 5.90. The Morgan fingerprint density at radius 1 is 1.06 bits per heavy atom. The van der Waals surface area contributed by atoms with Gasteiger partial charge < -0.3 is 10.3 Å². The van der Waals surface area contributed by atoms with Crippen LogP contribution in [0.25, 0.3) is 11.4 Å². The monoisotopic (exact) mass is 243 g/mol. The molecule has 0 radical (unpaired) electrons. The molecule has 0 bridgehead atoms. The number of nitrogens with zero attached hydrogens (tertiary/aromatic N) is 2. The van der Waals surface area contributed by atoms with Crippen molar-refractivity contribution < 1.29 is 4.52 Å². The molecule has 0 amide bonds. The van der Waals surface area contributed by atoms with Crippen LogP contribution in [0.2, 0.25) is 0 Å². The van der Waals surface area contributed by atoms with Gasteiger partial charge in [-0.05, 0) is 25.7 Å². The van der Waals surface area contributed by atoms with Gasteiger partial charge in [0.25, 0.3) is 0 Å². The number of hydrogen-bond donors (Lipinski definition) is 1. The minimum absolute atomic E-state index is 0.345. The number of nitrogens with two attached hydrogens (primary N) is 1. The van der Waals surface area contributed by atoms with Crippen LogP contribution < -0.4 is 5.73 Å². The average Bonchev–Trinajstić information content (AvgIpc) is 2.90. The Balaban J connectivity index is 1.78. The third-order valence-corrected chi connectivity index (χ3v) is 3.59. The van der Waals surface area contributed by atoms with Gasteiger partial charge in [0.05, 0.1) is 0 Å². The van der Waals surface area contributed by atoms with Crippen LogP contribution in [0.5, 0.6) is 0 Å². The molecule has 2 N–H and O–H groups in total. The first kappa shape index (κ1) is 11.4. The van der Waals surface area contributed by atoms with E-state index in [4.69, 9.17) is 10.3 Å². The molecule has 4 nitrogen and oxygen atoms in total. The summed E-state index contributed by atoms with van der Waals surface area (Å²) in [5.41, 5.74) is 6.90. The van der Waals surface area contributed by atoms with Gasteiger partial charge in [-0.2, -0.15) is 4.98 Å². The summed E-state index contributed by atoms with van der Waals surface area (Å²) in [7, 11) is 0. The van der Waals surface area contributed by atoms with Crippen molar-refractivity contribution in [1.82, 2.24) is 10.1 Å². The molecule has 18 heavy (non-hydrogen) atoms. The number of benzene rings is 1. The van der Waals surface area contributed by atoms with E-state index in [-0.39, 0.29) is 0 Å². The quantitative estimate of drug-likeness (QED) is 0.880. The first-order valence-corrected chi connectivity index (χ1v) is 6.47. The summed E-state index contributed by atoms with van der Waals surface area (Å²) in [5, 5.41) is 4.06. The summed E-state index contributed by atoms with van der Waals surface area (Å²) in [6.07, 6.45) is 4.20. The second-order valence-electron chi connectivity index (χ2n) is 4.93. The van der Waals surface area contributed by atoms with Crippen molar-refractivity contribution in [3.63, 3.8) is 0 Å². The van der Waals surface area contributed by atoms with Crippen molar-refractivity contribution in [3.8, 4) is 11.4 Å². The molecule has 1 heterocycles. The summed E-state index contributed by atoms with van der Waals surface area (Å²) < 4.78 is 5.39. The van der Waals surface area contributed by atoms with Gasteiger partial charge >= 0.3 is 0 Å². The number of rotatable bonds is 2. The molecule has 1 saturated carbocycles. The molecule has 94 valence electrons. The van der Waals surface area contributed by atoms with Gasteiger partial charge in [-0.15, -0.1) is 0 Å². The van der Waals surface area contributed by atoms with Crippen LogP contribution >= 0.6 is 0 Å². The van der Waals surface area contributed by atoms with Crippen LogP contribution in [0.1, 0.15) is 37.5 Å². The van der Waals surface area contributed by atoms with Crippen LogP contribution in [0.3, 0.4) is 0 Å². The maximum Gasteiger partial charge on any atom is 0.230 e. The zero-order valence-electron chi connectivity index (χ0n) is 10.2. The molecular weight excluding hydrogens is 226 g/mol. The normalized spacial score (nSPS) is 24.1. The van der Waals surface area contributed by atoms with Gasteiger partial charge in [0, 0.05) is 17.5 Å². The number of hydrogen-bond acceptors (Lipinski definition) is 4. The second kappa shape index (κ2) is 4.90. The molecule has 0 unspecified atom stereocenters. The van der Waals surface area contributed by atoms with Crippen molar-refractivity contribution >= 4 is 0 Å². The van der Waals surface area contributed by atoms with Crippen LogP contribution in [0.15, 0.2) is 34.9 Å². The van der Waals surface area contributed by atoms with E-state index in [9.17, 15) is 0 Å². The Morgan fingerprint density at radius 3 is 2.50 bits per heavy atom. The smallest absolute Gasteiger partial charge is 0.230 e. The summed E-state index contributed by atoms with van der Waals surface area (Å²) in [6, 6.07) is 10.3. The van der Waals surface area contributed by atoms with Gasteiger partial charge in [-0.3, -0.25) is 0 Å². The van der Waals surface area contributed by atoms with Gasteiger partial charge in [0.15, 0.2) is 0 Å². The zero-order valence-corrected chi connectivity index (χ0v) is 10.2. The minimum Gasteiger partial charge on any atom is -0.339 e. The molecule has 1 fully saturated rings. The highest BCUT2D eigenvalue weighted by Crippen LogP contribution is 2.32. The Kier molecular flexibility index (Phi) is 3.11. The molecule has 4 heteroatoms. The second-order valence-corrected chi connectivity index (χ2v) is 4.93. The fourth-order valence-electron chi connectivity index (χ4n) is 2.47. The highest BCUT2D eigenvalue weighted by Gasteiger charge is 2.24. The molecular formula is C14H17N3O. The summed E-state index contributed by atoms with van der Waals surface area (Å²) >= 11 is 0. The Labute approximate surface area is 106 Å². The van der Waals surface area contributed by atoms with Gasteiger partial charge in [0.2, 0.25) is 11.7 Å². The largest absolute Gasteiger partial charge is 0.339 e. The van der Waals surface area contributed by atoms with E-state index >= 15 is 0 Å². The van der Waals surface area contributed by atoms with E-state index in [1.807, 2.05) is 30.3 Å². The number of aromatic nitrogens is 2. The highest BCUT2D eigenvalue weighted by molar-refractivity contribution is 5.53. The lowest BCUT2D eigenvalue weighted by molar-refractivity contribution is 0.301. The lowest BCUT2D eigenvalue weighted by Gasteiger charge is -2.22. The van der Waals surface area contributed by atoms with Gasteiger partial charge in [0.1, 0.15) is 0 Å². The lowest BCUT2D eigenvalue weighted by atomic mass is 9.86. The van der Waals surface area contributed by atoms with Crippen molar-refractivity contribution in [3.05, 3.63) is 36.2 Å². The van der Waals surface area contributed by atoms with Crippen molar-refractivity contribution in [2.75, 3.05) is 0 Å². The van der Waals surface area contributed by atoms with E-state index in [1.54, 1.807) is 0 Å². The molecule has 0 saturated heterocycles. The molecule has 2 aromatic rings. The molecule has 0 atom stereocenters. The SMILES string of the molecule is NC1CCC(c2nc(-c3ccccc3)no2)CC1. The highest BCUT2D eigenvalue weighted by atomic mass is 16.5. The fourth-order valence-corrected chi connectivity index (χ4v) is 2.47. The summed E-state index contributed by atoms with van der Waals surface area (Å²) in [5.74, 6) is 1.83. The van der Waals surface area contributed by atoms with Gasteiger partial charge in [-0.1, -0.05) is 35.5 Å².